The van der Waals surface area contributed by atoms with Crippen LogP contribution in [0.3, 0.4) is 0 Å². The highest BCUT2D eigenvalue weighted by Crippen LogP contribution is 2.31. The highest BCUT2D eigenvalue weighted by molar-refractivity contribution is 7.90. The van der Waals surface area contributed by atoms with Gasteiger partial charge in [0.1, 0.15) is 0 Å². The zero-order valence-corrected chi connectivity index (χ0v) is 21.1. The maximum atomic E-state index is 12.7. The molecule has 0 saturated carbocycles. The summed E-state index contributed by atoms with van der Waals surface area (Å²) in [5, 5.41) is 3.49. The topological polar surface area (TPSA) is 91.0 Å². The van der Waals surface area contributed by atoms with E-state index in [-0.39, 0.29) is 24.3 Å². The lowest BCUT2D eigenvalue weighted by atomic mass is 10.1. The van der Waals surface area contributed by atoms with Gasteiger partial charge in [0.2, 0.25) is 10.0 Å². The molecule has 8 nitrogen and oxygen atoms in total. The zero-order valence-electron chi connectivity index (χ0n) is 19.5. The quantitative estimate of drug-likeness (QED) is 0.677. The first kappa shape index (κ1) is 25.1. The second-order valence-electron chi connectivity index (χ2n) is 9.75. The summed E-state index contributed by atoms with van der Waals surface area (Å²) in [6.07, 6.45) is 1.42. The van der Waals surface area contributed by atoms with E-state index < -0.39 is 14.8 Å². The summed E-state index contributed by atoms with van der Waals surface area (Å²) < 4.78 is 32.4. The second kappa shape index (κ2) is 9.75. The molecular weight excluding hydrogens is 452 g/mol. The van der Waals surface area contributed by atoms with Crippen LogP contribution in [0, 0.1) is 0 Å². The van der Waals surface area contributed by atoms with Crippen molar-refractivity contribution >= 4 is 39.0 Å². The van der Waals surface area contributed by atoms with E-state index in [2.05, 4.69) is 14.9 Å². The van der Waals surface area contributed by atoms with Gasteiger partial charge in [0.25, 0.3) is 0 Å². The molecule has 2 amide bonds. The first-order valence-corrected chi connectivity index (χ1v) is 13.0. The number of carbonyl (C=O) groups is 1. The van der Waals surface area contributed by atoms with Crippen LogP contribution in [-0.2, 0) is 14.8 Å². The molecule has 180 valence electrons. The summed E-state index contributed by atoms with van der Waals surface area (Å²) in [6, 6.07) is 5.18. The summed E-state index contributed by atoms with van der Waals surface area (Å²) in [5.41, 5.74) is 1.56. The Morgan fingerprint density at radius 1 is 1.12 bits per heavy atom. The third-order valence-corrected chi connectivity index (χ3v) is 8.43. The summed E-state index contributed by atoms with van der Waals surface area (Å²) in [6.45, 7) is 11.6. The van der Waals surface area contributed by atoms with Gasteiger partial charge in [-0.2, -0.15) is 0 Å². The van der Waals surface area contributed by atoms with Gasteiger partial charge in [-0.25, -0.2) is 17.9 Å². The van der Waals surface area contributed by atoms with Crippen molar-refractivity contribution in [3.05, 3.63) is 23.2 Å². The average Bonchev–Trinajstić information content (AvgIpc) is 2.66. The molecule has 1 aromatic rings. The van der Waals surface area contributed by atoms with Gasteiger partial charge >= 0.3 is 6.03 Å². The molecule has 0 aromatic heterocycles. The lowest BCUT2D eigenvalue weighted by Gasteiger charge is -2.37. The summed E-state index contributed by atoms with van der Waals surface area (Å²) in [5.74, 6) is 0. The molecule has 2 aliphatic heterocycles. The van der Waals surface area contributed by atoms with Crippen molar-refractivity contribution in [2.24, 2.45) is 0 Å². The van der Waals surface area contributed by atoms with Gasteiger partial charge in [-0.3, -0.25) is 0 Å². The lowest BCUT2D eigenvalue weighted by molar-refractivity contribution is -0.00520. The number of halogens is 1. The maximum Gasteiger partial charge on any atom is 0.321 e. The molecule has 0 radical (unpaired) electrons. The lowest BCUT2D eigenvalue weighted by Crippen LogP contribution is -2.50. The average molecular weight is 487 g/mol. The van der Waals surface area contributed by atoms with Crippen molar-refractivity contribution in [2.75, 3.05) is 36.4 Å². The highest BCUT2D eigenvalue weighted by atomic mass is 35.5. The van der Waals surface area contributed by atoms with Gasteiger partial charge in [-0.1, -0.05) is 11.6 Å². The molecular formula is C22H35ClN4O4S. The number of hydrogen-bond acceptors (Lipinski definition) is 5. The number of amides is 2. The minimum Gasteiger partial charge on any atom is -0.372 e. The van der Waals surface area contributed by atoms with E-state index in [1.165, 1.54) is 0 Å². The van der Waals surface area contributed by atoms with E-state index in [1.54, 1.807) is 31.7 Å². The van der Waals surface area contributed by atoms with E-state index >= 15 is 0 Å². The molecule has 0 aliphatic carbocycles. The maximum absolute atomic E-state index is 12.7. The number of benzene rings is 1. The number of likely N-dealkylation sites (tertiary alicyclic amines) is 1. The number of piperidine rings is 1. The van der Waals surface area contributed by atoms with E-state index in [0.717, 1.165) is 18.8 Å². The molecule has 2 fully saturated rings. The van der Waals surface area contributed by atoms with Gasteiger partial charge < -0.3 is 19.9 Å². The zero-order chi connectivity index (χ0) is 23.7. The molecule has 2 heterocycles. The van der Waals surface area contributed by atoms with E-state index in [0.29, 0.717) is 36.6 Å². The Hall–Kier alpha value is -1.55. The van der Waals surface area contributed by atoms with Gasteiger partial charge in [0.05, 0.1) is 27.7 Å². The van der Waals surface area contributed by atoms with E-state index in [9.17, 15) is 13.2 Å². The van der Waals surface area contributed by atoms with E-state index in [1.807, 2.05) is 26.0 Å². The SMILES string of the molecule is CC1CN(c2ccc(NC(=O)N3CCC(NS(=O)(=O)C(C)(C)C)CC3)cc2Cl)CC(C)O1. The number of carbonyl (C=O) groups excluding carboxylic acids is 1. The van der Waals surface area contributed by atoms with Crippen molar-refractivity contribution in [1.82, 2.24) is 9.62 Å². The van der Waals surface area contributed by atoms with Crippen LogP contribution in [0.25, 0.3) is 0 Å². The van der Waals surface area contributed by atoms with Crippen molar-refractivity contribution in [3.8, 4) is 0 Å². The van der Waals surface area contributed by atoms with Crippen LogP contribution in [0.1, 0.15) is 47.5 Å². The van der Waals surface area contributed by atoms with Crippen LogP contribution < -0.4 is 14.9 Å². The number of rotatable bonds is 4. The largest absolute Gasteiger partial charge is 0.372 e. The Morgan fingerprint density at radius 3 is 2.25 bits per heavy atom. The molecule has 2 saturated heterocycles. The molecule has 2 unspecified atom stereocenters. The van der Waals surface area contributed by atoms with Crippen LogP contribution in [0.5, 0.6) is 0 Å². The van der Waals surface area contributed by atoms with Gasteiger partial charge in [0, 0.05) is 37.9 Å². The van der Waals surface area contributed by atoms with Crippen molar-refractivity contribution in [3.63, 3.8) is 0 Å². The minimum atomic E-state index is -3.40. The number of hydrogen-bond donors (Lipinski definition) is 2. The number of morpholine rings is 1. The van der Waals surface area contributed by atoms with Crippen LogP contribution in [0.15, 0.2) is 18.2 Å². The van der Waals surface area contributed by atoms with E-state index in [4.69, 9.17) is 16.3 Å². The number of urea groups is 1. The van der Waals surface area contributed by atoms with Crippen LogP contribution >= 0.6 is 11.6 Å². The summed E-state index contributed by atoms with van der Waals surface area (Å²) in [4.78, 5) is 16.6. The molecule has 3 rings (SSSR count). The van der Waals surface area contributed by atoms with Crippen molar-refractivity contribution in [2.45, 2.75) is 70.5 Å². The Bertz CT molecular complexity index is 916. The summed E-state index contributed by atoms with van der Waals surface area (Å²) in [7, 11) is -3.40. The Kier molecular flexibility index (Phi) is 7.64. The fourth-order valence-corrected chi connectivity index (χ4v) is 5.34. The minimum absolute atomic E-state index is 0.130. The van der Waals surface area contributed by atoms with Crippen LogP contribution in [0.4, 0.5) is 16.2 Å². The van der Waals surface area contributed by atoms with Crippen molar-refractivity contribution in [1.29, 1.82) is 0 Å². The number of nitrogens with one attached hydrogen (secondary N) is 2. The molecule has 1 aromatic carbocycles. The van der Waals surface area contributed by atoms with Crippen molar-refractivity contribution < 1.29 is 17.9 Å². The third kappa shape index (κ3) is 6.07. The van der Waals surface area contributed by atoms with Gasteiger partial charge in [-0.15, -0.1) is 0 Å². The number of anilines is 2. The fourth-order valence-electron chi connectivity index (χ4n) is 4.01. The van der Waals surface area contributed by atoms with Gasteiger partial charge in [0.15, 0.2) is 0 Å². The fraction of sp³-hybridized carbons (Fsp3) is 0.682. The smallest absolute Gasteiger partial charge is 0.321 e. The monoisotopic (exact) mass is 486 g/mol. The van der Waals surface area contributed by atoms with Crippen LogP contribution in [0.2, 0.25) is 5.02 Å². The molecule has 0 bridgehead atoms. The molecule has 32 heavy (non-hydrogen) atoms. The molecule has 2 N–H and O–H groups in total. The molecule has 2 atom stereocenters. The number of nitrogens with zero attached hydrogens (tertiary/aromatic N) is 2. The molecule has 2 aliphatic rings. The summed E-state index contributed by atoms with van der Waals surface area (Å²) >= 11 is 6.53. The Balaban J connectivity index is 1.55. The number of sulfonamides is 1. The predicted octanol–water partition coefficient (Wildman–Crippen LogP) is 3.67. The normalized spacial score (nSPS) is 23.3. The predicted molar refractivity (Wildman–Crippen MR) is 129 cm³/mol. The third-order valence-electron chi connectivity index (χ3n) is 5.87. The number of ether oxygens (including phenoxy) is 1. The Labute approximate surface area is 196 Å². The first-order chi connectivity index (χ1) is 14.9. The first-order valence-electron chi connectivity index (χ1n) is 11.1. The second-order valence-corrected chi connectivity index (χ2v) is 12.6. The molecule has 0 spiro atoms. The standard InChI is InChI=1S/C22H35ClN4O4S/c1-15-13-27(14-16(2)31-15)20-7-6-18(12-19(20)23)24-21(28)26-10-8-17(9-11-26)25-32(29,30)22(3,4)5/h6-7,12,15-17,25H,8-11,13-14H2,1-5H3,(H,24,28). The van der Waals surface area contributed by atoms with Crippen LogP contribution in [-0.4, -0.2) is 68.5 Å². The Morgan fingerprint density at radius 2 is 1.72 bits per heavy atom. The highest BCUT2D eigenvalue weighted by Gasteiger charge is 2.33. The molecule has 10 heteroatoms. The van der Waals surface area contributed by atoms with Gasteiger partial charge in [-0.05, 0) is 65.7 Å².